The van der Waals surface area contributed by atoms with E-state index in [1.54, 1.807) is 7.11 Å². The van der Waals surface area contributed by atoms with Crippen LogP contribution in [0.5, 0.6) is 0 Å². The Bertz CT molecular complexity index is 404. The topological polar surface area (TPSA) is 42.3 Å². The first-order valence-electron chi connectivity index (χ1n) is 7.09. The Kier molecular flexibility index (Phi) is 4.82. The van der Waals surface area contributed by atoms with Gasteiger partial charge in [-0.2, -0.15) is 0 Å². The summed E-state index contributed by atoms with van der Waals surface area (Å²) in [5, 5.41) is 3.59. The molecule has 0 bridgehead atoms. The average molecular weight is 266 g/mol. The molecule has 1 N–H and O–H groups in total. The molecule has 1 aliphatic heterocycles. The van der Waals surface area contributed by atoms with E-state index in [-0.39, 0.29) is 0 Å². The molecule has 1 saturated heterocycles. The van der Waals surface area contributed by atoms with Crippen molar-refractivity contribution in [1.82, 2.24) is 14.5 Å². The smallest absolute Gasteiger partial charge is 0.203 e. The lowest BCUT2D eigenvalue weighted by atomic mass is 10.1. The predicted octanol–water partition coefficient (Wildman–Crippen LogP) is 1.91. The van der Waals surface area contributed by atoms with Gasteiger partial charge in [-0.3, -0.25) is 0 Å². The van der Waals surface area contributed by atoms with Crippen LogP contribution in [0.25, 0.3) is 0 Å². The molecule has 2 unspecified atom stereocenters. The van der Waals surface area contributed by atoms with Crippen LogP contribution in [0.2, 0.25) is 0 Å². The van der Waals surface area contributed by atoms with Crippen molar-refractivity contribution in [3.63, 3.8) is 0 Å². The fraction of sp³-hybridized carbons (Fsp3) is 0.786. The number of nitrogens with one attached hydrogen (secondary N) is 1. The first kappa shape index (κ1) is 14.3. The quantitative estimate of drug-likeness (QED) is 0.884. The lowest BCUT2D eigenvalue weighted by molar-refractivity contribution is 0.162. The van der Waals surface area contributed by atoms with E-state index in [1.165, 1.54) is 19.4 Å². The Balaban J connectivity index is 2.06. The van der Waals surface area contributed by atoms with Gasteiger partial charge in [-0.25, -0.2) is 4.98 Å². The maximum Gasteiger partial charge on any atom is 0.203 e. The third-order valence-corrected chi connectivity index (χ3v) is 3.69. The number of aromatic nitrogens is 2. The van der Waals surface area contributed by atoms with Crippen LogP contribution in [0.1, 0.15) is 31.5 Å². The van der Waals surface area contributed by atoms with E-state index in [4.69, 9.17) is 4.74 Å². The van der Waals surface area contributed by atoms with E-state index in [1.807, 2.05) is 6.92 Å². The molecule has 2 heterocycles. The molecular formula is C14H26N4O. The van der Waals surface area contributed by atoms with Gasteiger partial charge in [0, 0.05) is 25.9 Å². The zero-order valence-corrected chi connectivity index (χ0v) is 12.5. The van der Waals surface area contributed by atoms with Gasteiger partial charge in [0.05, 0.1) is 18.3 Å². The van der Waals surface area contributed by atoms with E-state index in [0.717, 1.165) is 18.2 Å². The molecule has 0 aliphatic carbocycles. The Morgan fingerprint density at radius 1 is 1.58 bits per heavy atom. The number of hydrogen-bond donors (Lipinski definition) is 1. The highest BCUT2D eigenvalue weighted by Crippen LogP contribution is 2.19. The molecule has 1 aliphatic rings. The van der Waals surface area contributed by atoms with Gasteiger partial charge in [0.25, 0.3) is 0 Å². The average Bonchev–Trinajstić information content (AvgIpc) is 2.70. The number of hydrogen-bond acceptors (Lipinski definition) is 4. The van der Waals surface area contributed by atoms with Gasteiger partial charge < -0.3 is 19.5 Å². The van der Waals surface area contributed by atoms with Crippen LogP contribution in [0.3, 0.4) is 0 Å². The number of piperidine rings is 1. The number of methoxy groups -OCH3 is 1. The fourth-order valence-corrected chi connectivity index (χ4v) is 2.75. The first-order chi connectivity index (χ1) is 9.10. The third-order valence-electron chi connectivity index (χ3n) is 3.69. The summed E-state index contributed by atoms with van der Waals surface area (Å²) in [6, 6.07) is 0.795. The normalized spacial score (nSPS) is 22.4. The summed E-state index contributed by atoms with van der Waals surface area (Å²) in [4.78, 5) is 6.99. The molecule has 2 rings (SSSR count). The van der Waals surface area contributed by atoms with Crippen molar-refractivity contribution in [3.8, 4) is 0 Å². The minimum Gasteiger partial charge on any atom is -0.383 e. The van der Waals surface area contributed by atoms with Crippen molar-refractivity contribution in [2.45, 2.75) is 38.8 Å². The van der Waals surface area contributed by atoms with Crippen LogP contribution in [-0.2, 0) is 4.74 Å². The number of anilines is 1. The van der Waals surface area contributed by atoms with Crippen LogP contribution in [0.15, 0.2) is 6.20 Å². The Morgan fingerprint density at radius 2 is 2.37 bits per heavy atom. The van der Waals surface area contributed by atoms with Gasteiger partial charge in [-0.15, -0.1) is 0 Å². The molecule has 1 aromatic heterocycles. The Labute approximate surface area is 116 Å². The Morgan fingerprint density at radius 3 is 3.05 bits per heavy atom. The molecule has 1 aromatic rings. The van der Waals surface area contributed by atoms with Gasteiger partial charge in [0.15, 0.2) is 0 Å². The maximum absolute atomic E-state index is 5.24. The zero-order valence-electron chi connectivity index (χ0n) is 12.5. The van der Waals surface area contributed by atoms with Crippen LogP contribution < -0.4 is 5.32 Å². The number of rotatable bonds is 5. The highest BCUT2D eigenvalue weighted by molar-refractivity contribution is 5.31. The van der Waals surface area contributed by atoms with Crippen molar-refractivity contribution in [2.75, 3.05) is 39.2 Å². The van der Waals surface area contributed by atoms with E-state index >= 15 is 0 Å². The van der Waals surface area contributed by atoms with Gasteiger partial charge >= 0.3 is 0 Å². The summed E-state index contributed by atoms with van der Waals surface area (Å²) in [5.74, 6) is 0.974. The molecule has 0 radical (unpaired) electrons. The van der Waals surface area contributed by atoms with Crippen molar-refractivity contribution in [1.29, 1.82) is 0 Å². The minimum atomic E-state index is 0.301. The number of imidazole rings is 1. The number of ether oxygens (including phenoxy) is 1. The summed E-state index contributed by atoms with van der Waals surface area (Å²) in [7, 11) is 3.92. The van der Waals surface area contributed by atoms with E-state index in [2.05, 4.69) is 39.9 Å². The van der Waals surface area contributed by atoms with Gasteiger partial charge in [0.2, 0.25) is 5.95 Å². The second-order valence-corrected chi connectivity index (χ2v) is 5.66. The number of likely N-dealkylation sites (tertiary alicyclic amines) is 1. The highest BCUT2D eigenvalue weighted by atomic mass is 16.5. The SMILES string of the molecule is COCC(C)n1cc(C)nc1NC1CCCN(C)C1. The molecule has 0 amide bonds. The first-order valence-corrected chi connectivity index (χ1v) is 7.09. The molecular weight excluding hydrogens is 240 g/mol. The summed E-state index contributed by atoms with van der Waals surface area (Å²) < 4.78 is 7.43. The highest BCUT2D eigenvalue weighted by Gasteiger charge is 2.20. The Hall–Kier alpha value is -1.07. The number of likely N-dealkylation sites (N-methyl/N-ethyl adjacent to an activating group) is 1. The van der Waals surface area contributed by atoms with Gasteiger partial charge in [-0.1, -0.05) is 0 Å². The molecule has 19 heavy (non-hydrogen) atoms. The van der Waals surface area contributed by atoms with Crippen molar-refractivity contribution in [3.05, 3.63) is 11.9 Å². The lowest BCUT2D eigenvalue weighted by Gasteiger charge is -2.31. The predicted molar refractivity (Wildman–Crippen MR) is 77.7 cm³/mol. The molecule has 108 valence electrons. The second-order valence-electron chi connectivity index (χ2n) is 5.66. The molecule has 0 saturated carbocycles. The van der Waals surface area contributed by atoms with E-state index in [0.29, 0.717) is 18.7 Å². The molecule has 5 heteroatoms. The van der Waals surface area contributed by atoms with Crippen LogP contribution in [0, 0.1) is 6.92 Å². The molecule has 0 aromatic carbocycles. The summed E-state index contributed by atoms with van der Waals surface area (Å²) in [6.45, 7) is 7.18. The second kappa shape index (κ2) is 6.39. The summed E-state index contributed by atoms with van der Waals surface area (Å²) in [5.41, 5.74) is 1.05. The monoisotopic (exact) mass is 266 g/mol. The molecule has 5 nitrogen and oxygen atoms in total. The lowest BCUT2D eigenvalue weighted by Crippen LogP contribution is -2.40. The van der Waals surface area contributed by atoms with Crippen molar-refractivity contribution >= 4 is 5.95 Å². The van der Waals surface area contributed by atoms with Crippen LogP contribution in [0.4, 0.5) is 5.95 Å². The minimum absolute atomic E-state index is 0.301. The van der Waals surface area contributed by atoms with Crippen LogP contribution >= 0.6 is 0 Å². The van der Waals surface area contributed by atoms with Gasteiger partial charge in [-0.05, 0) is 40.3 Å². The summed E-state index contributed by atoms with van der Waals surface area (Å²) in [6.07, 6.45) is 4.56. The standard InChI is InChI=1S/C14H26N4O/c1-11-8-18(12(2)10-19-4)14(15-11)16-13-6-5-7-17(3)9-13/h8,12-13H,5-7,9-10H2,1-4H3,(H,15,16). The maximum atomic E-state index is 5.24. The van der Waals surface area contributed by atoms with Crippen molar-refractivity contribution < 1.29 is 4.74 Å². The third kappa shape index (κ3) is 3.70. The zero-order chi connectivity index (χ0) is 13.8. The number of nitrogens with zero attached hydrogens (tertiary/aromatic N) is 3. The largest absolute Gasteiger partial charge is 0.383 e. The van der Waals surface area contributed by atoms with Crippen LogP contribution in [-0.4, -0.2) is 54.3 Å². The van der Waals surface area contributed by atoms with E-state index < -0.39 is 0 Å². The van der Waals surface area contributed by atoms with E-state index in [9.17, 15) is 0 Å². The fourth-order valence-electron chi connectivity index (χ4n) is 2.75. The number of aryl methyl sites for hydroxylation is 1. The van der Waals surface area contributed by atoms with Crippen molar-refractivity contribution in [2.24, 2.45) is 0 Å². The van der Waals surface area contributed by atoms with Gasteiger partial charge in [0.1, 0.15) is 0 Å². The molecule has 1 fully saturated rings. The molecule has 0 spiro atoms. The summed E-state index contributed by atoms with van der Waals surface area (Å²) >= 11 is 0. The molecule has 2 atom stereocenters.